The van der Waals surface area contributed by atoms with Crippen LogP contribution >= 0.6 is 0 Å². The van der Waals surface area contributed by atoms with Gasteiger partial charge < -0.3 is 15.3 Å². The molecule has 0 unspecified atom stereocenters. The molecule has 0 bridgehead atoms. The molecule has 9 nitrogen and oxygen atoms in total. The summed E-state index contributed by atoms with van der Waals surface area (Å²) in [6.45, 7) is 0.467. The van der Waals surface area contributed by atoms with Crippen LogP contribution in [-0.4, -0.2) is 72.7 Å². The van der Waals surface area contributed by atoms with Crippen LogP contribution in [0.4, 0.5) is 13.2 Å². The summed E-state index contributed by atoms with van der Waals surface area (Å²) in [6, 6.07) is 1.13. The highest BCUT2D eigenvalue weighted by molar-refractivity contribution is 7.89. The standard InChI is InChI=1S/C17H20F3N3O6S/c1-11(24)21-7-6-15(25)22-8-9-23(14(10-22)16(26)27)30(28,29)13-4-2-12(3-5-13)17(18,19)20/h2-5,14H,6-10H2,1H3,(H,21,24)(H,26,27)/t14-/m1/s1. The molecule has 13 heteroatoms. The summed E-state index contributed by atoms with van der Waals surface area (Å²) in [5.41, 5.74) is -1.04. The molecule has 30 heavy (non-hydrogen) atoms. The molecule has 1 atom stereocenters. The second-order valence-corrected chi connectivity index (χ2v) is 8.46. The summed E-state index contributed by atoms with van der Waals surface area (Å²) in [5.74, 6) is -2.29. The van der Waals surface area contributed by atoms with Crippen molar-refractivity contribution in [2.24, 2.45) is 0 Å². The molecular weight excluding hydrogens is 431 g/mol. The van der Waals surface area contributed by atoms with E-state index in [-0.39, 0.29) is 32.0 Å². The number of benzene rings is 1. The fourth-order valence-corrected chi connectivity index (χ4v) is 4.50. The summed E-state index contributed by atoms with van der Waals surface area (Å²) < 4.78 is 64.4. The highest BCUT2D eigenvalue weighted by atomic mass is 32.2. The van der Waals surface area contributed by atoms with Gasteiger partial charge in [-0.25, -0.2) is 8.42 Å². The largest absolute Gasteiger partial charge is 0.480 e. The number of carbonyl (C=O) groups is 3. The minimum atomic E-state index is -4.64. The molecule has 2 amide bonds. The van der Waals surface area contributed by atoms with Crippen LogP contribution in [0.2, 0.25) is 0 Å². The first-order valence-corrected chi connectivity index (χ1v) is 10.2. The van der Waals surface area contributed by atoms with Gasteiger partial charge in [0, 0.05) is 39.5 Å². The molecule has 0 aliphatic carbocycles. The van der Waals surface area contributed by atoms with Gasteiger partial charge in [0.2, 0.25) is 21.8 Å². The third kappa shape index (κ3) is 5.48. The molecular formula is C17H20F3N3O6S. The number of sulfonamides is 1. The van der Waals surface area contributed by atoms with Crippen molar-refractivity contribution in [1.82, 2.24) is 14.5 Å². The van der Waals surface area contributed by atoms with E-state index in [2.05, 4.69) is 5.32 Å². The molecule has 0 aromatic heterocycles. The van der Waals surface area contributed by atoms with E-state index in [1.54, 1.807) is 0 Å². The molecule has 1 heterocycles. The maximum atomic E-state index is 12.8. The zero-order valence-electron chi connectivity index (χ0n) is 15.8. The van der Waals surface area contributed by atoms with Crippen LogP contribution in [0.15, 0.2) is 29.2 Å². The second-order valence-electron chi connectivity index (χ2n) is 6.56. The van der Waals surface area contributed by atoms with Crippen LogP contribution in [0.5, 0.6) is 0 Å². The number of nitrogens with one attached hydrogen (secondary N) is 1. The average Bonchev–Trinajstić information content (AvgIpc) is 2.66. The van der Waals surface area contributed by atoms with Crippen molar-refractivity contribution in [3.63, 3.8) is 0 Å². The molecule has 0 saturated carbocycles. The highest BCUT2D eigenvalue weighted by Crippen LogP contribution is 2.30. The Labute approximate surface area is 170 Å². The van der Waals surface area contributed by atoms with Crippen LogP contribution in [0.3, 0.4) is 0 Å². The van der Waals surface area contributed by atoms with Crippen molar-refractivity contribution in [2.45, 2.75) is 30.5 Å². The lowest BCUT2D eigenvalue weighted by Gasteiger charge is -2.38. The number of hydrogen-bond acceptors (Lipinski definition) is 5. The molecule has 1 aliphatic heterocycles. The third-order valence-corrected chi connectivity index (χ3v) is 6.39. The number of carboxylic acids is 1. The Bertz CT molecular complexity index is 918. The number of carboxylic acid groups (broad SMARTS) is 1. The maximum absolute atomic E-state index is 12.8. The van der Waals surface area contributed by atoms with Crippen LogP contribution in [0, 0.1) is 0 Å². The number of alkyl halides is 3. The highest BCUT2D eigenvalue weighted by Gasteiger charge is 2.41. The monoisotopic (exact) mass is 451 g/mol. The average molecular weight is 451 g/mol. The molecule has 0 spiro atoms. The Morgan fingerprint density at radius 3 is 2.27 bits per heavy atom. The molecule has 1 aliphatic rings. The fourth-order valence-electron chi connectivity index (χ4n) is 2.94. The number of piperazine rings is 1. The van der Waals surface area contributed by atoms with Crippen molar-refractivity contribution >= 4 is 27.8 Å². The SMILES string of the molecule is CC(=O)NCCC(=O)N1CCN(S(=O)(=O)c2ccc(C(F)(F)F)cc2)[C@@H](C(=O)O)C1. The number of carbonyl (C=O) groups excluding carboxylic acids is 2. The number of aliphatic carboxylic acids is 1. The Balaban J connectivity index is 2.18. The van der Waals surface area contributed by atoms with E-state index in [9.17, 15) is 41.1 Å². The van der Waals surface area contributed by atoms with E-state index in [1.807, 2.05) is 0 Å². The van der Waals surface area contributed by atoms with Crippen molar-refractivity contribution in [3.05, 3.63) is 29.8 Å². The number of amides is 2. The maximum Gasteiger partial charge on any atom is 0.416 e. The fraction of sp³-hybridized carbons (Fsp3) is 0.471. The lowest BCUT2D eigenvalue weighted by Crippen LogP contribution is -2.59. The van der Waals surface area contributed by atoms with Crippen molar-refractivity contribution in [2.75, 3.05) is 26.2 Å². The van der Waals surface area contributed by atoms with Gasteiger partial charge in [0.1, 0.15) is 6.04 Å². The Morgan fingerprint density at radius 2 is 1.77 bits per heavy atom. The molecule has 1 saturated heterocycles. The van der Waals surface area contributed by atoms with Gasteiger partial charge in [0.15, 0.2) is 0 Å². The van der Waals surface area contributed by atoms with E-state index in [0.717, 1.165) is 12.1 Å². The number of halogens is 3. The number of rotatable bonds is 6. The zero-order valence-corrected chi connectivity index (χ0v) is 16.7. The van der Waals surface area contributed by atoms with Crippen molar-refractivity contribution < 1.29 is 41.1 Å². The van der Waals surface area contributed by atoms with Gasteiger partial charge >= 0.3 is 12.1 Å². The summed E-state index contributed by atoms with van der Waals surface area (Å²) >= 11 is 0. The van der Waals surface area contributed by atoms with Gasteiger partial charge in [-0.15, -0.1) is 0 Å². The molecule has 2 N–H and O–H groups in total. The number of nitrogens with zero attached hydrogens (tertiary/aromatic N) is 2. The lowest BCUT2D eigenvalue weighted by atomic mass is 10.2. The van der Waals surface area contributed by atoms with Crippen molar-refractivity contribution in [1.29, 1.82) is 0 Å². The van der Waals surface area contributed by atoms with Crippen molar-refractivity contribution in [3.8, 4) is 0 Å². The first kappa shape index (κ1) is 23.6. The molecule has 1 aromatic rings. The zero-order chi connectivity index (χ0) is 22.7. The first-order chi connectivity index (χ1) is 13.8. The van der Waals surface area contributed by atoms with Crippen LogP contribution in [0.1, 0.15) is 18.9 Å². The first-order valence-electron chi connectivity index (χ1n) is 8.78. The smallest absolute Gasteiger partial charge is 0.416 e. The van der Waals surface area contributed by atoms with Crippen LogP contribution in [-0.2, 0) is 30.6 Å². The van der Waals surface area contributed by atoms with Gasteiger partial charge in [-0.1, -0.05) is 0 Å². The predicted octanol–water partition coefficient (Wildman–Crippen LogP) is 0.518. The molecule has 1 fully saturated rings. The molecule has 2 rings (SSSR count). The second kappa shape index (κ2) is 9.00. The minimum Gasteiger partial charge on any atom is -0.480 e. The normalized spacial score (nSPS) is 18.1. The Hall–Kier alpha value is -2.67. The van der Waals surface area contributed by atoms with E-state index in [1.165, 1.54) is 11.8 Å². The van der Waals surface area contributed by atoms with E-state index in [4.69, 9.17) is 0 Å². The van der Waals surface area contributed by atoms with E-state index in [0.29, 0.717) is 16.4 Å². The van der Waals surface area contributed by atoms with Gasteiger partial charge in [-0.05, 0) is 24.3 Å². The lowest BCUT2D eigenvalue weighted by molar-refractivity contribution is -0.145. The van der Waals surface area contributed by atoms with Crippen LogP contribution < -0.4 is 5.32 Å². The predicted molar refractivity (Wildman–Crippen MR) is 96.6 cm³/mol. The summed E-state index contributed by atoms with van der Waals surface area (Å²) in [6.07, 6.45) is -4.73. The van der Waals surface area contributed by atoms with E-state index >= 15 is 0 Å². The van der Waals surface area contributed by atoms with Gasteiger partial charge in [0.05, 0.1) is 10.5 Å². The number of hydrogen-bond donors (Lipinski definition) is 2. The Kier molecular flexibility index (Phi) is 7.08. The molecule has 0 radical (unpaired) electrons. The molecule has 1 aromatic carbocycles. The van der Waals surface area contributed by atoms with Gasteiger partial charge in [-0.2, -0.15) is 17.5 Å². The summed E-state index contributed by atoms with van der Waals surface area (Å²) in [7, 11) is -4.41. The minimum absolute atomic E-state index is 0.0516. The van der Waals surface area contributed by atoms with Crippen LogP contribution in [0.25, 0.3) is 0 Å². The quantitative estimate of drug-likeness (QED) is 0.650. The van der Waals surface area contributed by atoms with Gasteiger partial charge in [0.25, 0.3) is 0 Å². The summed E-state index contributed by atoms with van der Waals surface area (Å²) in [5, 5.41) is 11.9. The topological polar surface area (TPSA) is 124 Å². The third-order valence-electron chi connectivity index (χ3n) is 4.47. The van der Waals surface area contributed by atoms with Gasteiger partial charge in [-0.3, -0.25) is 14.4 Å². The summed E-state index contributed by atoms with van der Waals surface area (Å²) in [4.78, 5) is 35.4. The van der Waals surface area contributed by atoms with E-state index < -0.39 is 51.1 Å². The molecule has 166 valence electrons. The Morgan fingerprint density at radius 1 is 1.17 bits per heavy atom.